The van der Waals surface area contributed by atoms with Gasteiger partial charge in [-0.2, -0.15) is 0 Å². The molecule has 1 N–H and O–H groups in total. The second kappa shape index (κ2) is 6.87. The van der Waals surface area contributed by atoms with Crippen LogP contribution in [-0.2, 0) is 14.3 Å². The summed E-state index contributed by atoms with van der Waals surface area (Å²) in [5.74, 6) is -0.526. The maximum atomic E-state index is 12.3. The molecule has 4 rings (SSSR count). The minimum absolute atomic E-state index is 0.0825. The smallest absolute Gasteiger partial charge is 0.337 e. The van der Waals surface area contributed by atoms with Crippen molar-refractivity contribution < 1.29 is 19.1 Å². The van der Waals surface area contributed by atoms with Crippen molar-refractivity contribution in [3.05, 3.63) is 59.2 Å². The molecule has 27 heavy (non-hydrogen) atoms. The molecule has 2 aliphatic rings. The van der Waals surface area contributed by atoms with E-state index in [1.165, 1.54) is 7.11 Å². The Labute approximate surface area is 157 Å². The first-order valence-corrected chi connectivity index (χ1v) is 8.99. The Kier molecular flexibility index (Phi) is 4.39. The lowest BCUT2D eigenvalue weighted by molar-refractivity contribution is -0.117. The maximum absolute atomic E-state index is 12.3. The Hall–Kier alpha value is -3.15. The molecule has 0 radical (unpaired) electrons. The lowest BCUT2D eigenvalue weighted by Gasteiger charge is -2.28. The normalized spacial score (nSPS) is 18.9. The van der Waals surface area contributed by atoms with E-state index in [1.54, 1.807) is 23.1 Å². The highest BCUT2D eigenvalue weighted by Gasteiger charge is 2.29. The average molecular weight is 364 g/mol. The molecule has 6 nitrogen and oxygen atoms in total. The number of esters is 1. The fourth-order valence-corrected chi connectivity index (χ4v) is 3.84. The molecule has 0 saturated carbocycles. The third-order valence-corrected chi connectivity index (χ3v) is 5.17. The van der Waals surface area contributed by atoms with Crippen LogP contribution in [0.2, 0.25) is 0 Å². The predicted octanol–water partition coefficient (Wildman–Crippen LogP) is 3.07. The van der Waals surface area contributed by atoms with Crippen molar-refractivity contribution in [3.8, 4) is 0 Å². The van der Waals surface area contributed by atoms with Crippen molar-refractivity contribution in [2.75, 3.05) is 23.9 Å². The van der Waals surface area contributed by atoms with Gasteiger partial charge in [-0.05, 0) is 41.8 Å². The van der Waals surface area contributed by atoms with Crippen LogP contribution in [0.3, 0.4) is 0 Å². The summed E-state index contributed by atoms with van der Waals surface area (Å²) in [4.78, 5) is 37.9. The standard InChI is InChI=1S/C21H20N2O4/c1-27-21(26)14-5-2-4-13(10-14)17-12-19(24)22-18-11-15(7-8-16(17)18)23-9-3-6-20(23)25/h2,4-5,7-8,10-11,17H,3,6,9,12H2,1H3,(H,22,24). The van der Waals surface area contributed by atoms with E-state index in [9.17, 15) is 14.4 Å². The summed E-state index contributed by atoms with van der Waals surface area (Å²) >= 11 is 0. The van der Waals surface area contributed by atoms with Crippen LogP contribution in [0.4, 0.5) is 11.4 Å². The summed E-state index contributed by atoms with van der Waals surface area (Å²) in [6.45, 7) is 0.705. The van der Waals surface area contributed by atoms with E-state index in [0.29, 0.717) is 24.9 Å². The number of fused-ring (bicyclic) bond motifs is 1. The number of nitrogens with zero attached hydrogens (tertiary/aromatic N) is 1. The van der Waals surface area contributed by atoms with Gasteiger partial charge in [0.25, 0.3) is 0 Å². The second-order valence-corrected chi connectivity index (χ2v) is 6.84. The first-order valence-electron chi connectivity index (χ1n) is 8.99. The molecule has 2 aromatic carbocycles. The van der Waals surface area contributed by atoms with Crippen LogP contribution in [0.25, 0.3) is 0 Å². The zero-order chi connectivity index (χ0) is 19.0. The van der Waals surface area contributed by atoms with Gasteiger partial charge in [-0.15, -0.1) is 0 Å². The molecule has 1 saturated heterocycles. The Morgan fingerprint density at radius 3 is 2.78 bits per heavy atom. The summed E-state index contributed by atoms with van der Waals surface area (Å²) in [6, 6.07) is 12.9. The van der Waals surface area contributed by atoms with Crippen molar-refractivity contribution in [1.82, 2.24) is 0 Å². The van der Waals surface area contributed by atoms with Gasteiger partial charge in [-0.25, -0.2) is 4.79 Å². The van der Waals surface area contributed by atoms with Crippen LogP contribution in [-0.4, -0.2) is 31.4 Å². The number of ether oxygens (including phenoxy) is 1. The Morgan fingerprint density at radius 2 is 2.04 bits per heavy atom. The lowest BCUT2D eigenvalue weighted by Crippen LogP contribution is -2.26. The number of hydrogen-bond acceptors (Lipinski definition) is 4. The predicted molar refractivity (Wildman–Crippen MR) is 101 cm³/mol. The first-order chi connectivity index (χ1) is 13.1. The summed E-state index contributed by atoms with van der Waals surface area (Å²) in [5.41, 5.74) is 3.85. The monoisotopic (exact) mass is 364 g/mol. The highest BCUT2D eigenvalue weighted by Crippen LogP contribution is 2.39. The summed E-state index contributed by atoms with van der Waals surface area (Å²) < 4.78 is 4.80. The number of benzene rings is 2. The molecule has 0 bridgehead atoms. The SMILES string of the molecule is COC(=O)c1cccc(C2CC(=O)Nc3cc(N4CCCC4=O)ccc32)c1. The number of carbonyl (C=O) groups excluding carboxylic acids is 3. The Balaban J connectivity index is 1.72. The van der Waals surface area contributed by atoms with E-state index in [1.807, 2.05) is 24.3 Å². The molecular weight excluding hydrogens is 344 g/mol. The Bertz CT molecular complexity index is 938. The van der Waals surface area contributed by atoms with Gasteiger partial charge in [0.1, 0.15) is 0 Å². The summed E-state index contributed by atoms with van der Waals surface area (Å²) in [5, 5.41) is 2.92. The molecule has 0 aromatic heterocycles. The van der Waals surface area contributed by atoms with Crippen LogP contribution in [0.5, 0.6) is 0 Å². The van der Waals surface area contributed by atoms with E-state index in [4.69, 9.17) is 4.74 Å². The van der Waals surface area contributed by atoms with Crippen LogP contribution in [0, 0.1) is 0 Å². The first kappa shape index (κ1) is 17.3. The number of nitrogens with one attached hydrogen (secondary N) is 1. The zero-order valence-corrected chi connectivity index (χ0v) is 15.0. The topological polar surface area (TPSA) is 75.7 Å². The summed E-state index contributed by atoms with van der Waals surface area (Å²) in [6.07, 6.45) is 1.72. The van der Waals surface area contributed by atoms with Gasteiger partial charge in [-0.1, -0.05) is 18.2 Å². The molecule has 2 heterocycles. The minimum Gasteiger partial charge on any atom is -0.465 e. The molecule has 1 atom stereocenters. The second-order valence-electron chi connectivity index (χ2n) is 6.84. The van der Waals surface area contributed by atoms with E-state index in [0.717, 1.165) is 28.9 Å². The van der Waals surface area contributed by atoms with Crippen molar-refractivity contribution in [2.45, 2.75) is 25.2 Å². The fourth-order valence-electron chi connectivity index (χ4n) is 3.84. The molecule has 2 amide bonds. The quantitative estimate of drug-likeness (QED) is 0.850. The molecule has 6 heteroatoms. The van der Waals surface area contributed by atoms with Gasteiger partial charge in [0.05, 0.1) is 12.7 Å². The number of rotatable bonds is 3. The van der Waals surface area contributed by atoms with Gasteiger partial charge >= 0.3 is 5.97 Å². The van der Waals surface area contributed by atoms with Gasteiger partial charge < -0.3 is 15.0 Å². The highest BCUT2D eigenvalue weighted by atomic mass is 16.5. The number of methoxy groups -OCH3 is 1. The molecule has 138 valence electrons. The van der Waals surface area contributed by atoms with Crippen LogP contribution in [0.1, 0.15) is 46.7 Å². The van der Waals surface area contributed by atoms with E-state index in [2.05, 4.69) is 5.32 Å². The van der Waals surface area contributed by atoms with Crippen LogP contribution < -0.4 is 10.2 Å². The van der Waals surface area contributed by atoms with Gasteiger partial charge in [0, 0.05) is 36.7 Å². The van der Waals surface area contributed by atoms with E-state index >= 15 is 0 Å². The third-order valence-electron chi connectivity index (χ3n) is 5.17. The molecule has 2 aliphatic heterocycles. The zero-order valence-electron chi connectivity index (χ0n) is 15.0. The van der Waals surface area contributed by atoms with Crippen LogP contribution in [0.15, 0.2) is 42.5 Å². The molecule has 1 fully saturated rings. The maximum Gasteiger partial charge on any atom is 0.337 e. The molecule has 1 unspecified atom stereocenters. The number of anilines is 2. The average Bonchev–Trinajstić information content (AvgIpc) is 3.12. The number of carbonyl (C=O) groups is 3. The molecule has 2 aromatic rings. The number of amides is 2. The number of hydrogen-bond donors (Lipinski definition) is 1. The van der Waals surface area contributed by atoms with Crippen molar-refractivity contribution >= 4 is 29.2 Å². The lowest BCUT2D eigenvalue weighted by atomic mass is 9.84. The Morgan fingerprint density at radius 1 is 1.19 bits per heavy atom. The van der Waals surface area contributed by atoms with E-state index < -0.39 is 5.97 Å². The molecular formula is C21H20N2O4. The third kappa shape index (κ3) is 3.18. The molecule has 0 spiro atoms. The fraction of sp³-hybridized carbons (Fsp3) is 0.286. The van der Waals surface area contributed by atoms with Gasteiger partial charge in [-0.3, -0.25) is 9.59 Å². The van der Waals surface area contributed by atoms with Crippen molar-refractivity contribution in [1.29, 1.82) is 0 Å². The summed E-state index contributed by atoms with van der Waals surface area (Å²) in [7, 11) is 1.35. The minimum atomic E-state index is -0.403. The van der Waals surface area contributed by atoms with Crippen molar-refractivity contribution in [3.63, 3.8) is 0 Å². The van der Waals surface area contributed by atoms with E-state index in [-0.39, 0.29) is 17.7 Å². The highest BCUT2D eigenvalue weighted by molar-refractivity contribution is 5.99. The van der Waals surface area contributed by atoms with Gasteiger partial charge in [0.2, 0.25) is 11.8 Å². The molecule has 0 aliphatic carbocycles. The van der Waals surface area contributed by atoms with Crippen molar-refractivity contribution in [2.24, 2.45) is 0 Å². The van der Waals surface area contributed by atoms with Gasteiger partial charge in [0.15, 0.2) is 0 Å². The van der Waals surface area contributed by atoms with Crippen LogP contribution >= 0.6 is 0 Å². The largest absolute Gasteiger partial charge is 0.465 e.